The Bertz CT molecular complexity index is 708. The van der Waals surface area contributed by atoms with E-state index in [-0.39, 0.29) is 16.8 Å². The molecule has 94 valence electrons. The van der Waals surface area contributed by atoms with Crippen molar-refractivity contribution in [2.45, 2.75) is 0 Å². The monoisotopic (exact) mass is 290 g/mol. The van der Waals surface area contributed by atoms with Gasteiger partial charge in [-0.15, -0.1) is 0 Å². The number of carbonyl (C=O) groups is 1. The van der Waals surface area contributed by atoms with E-state index in [1.165, 1.54) is 23.7 Å². The first-order valence-electron chi connectivity index (χ1n) is 5.37. The fourth-order valence-corrected chi connectivity index (χ4v) is 2.47. The number of nitrogens with zero attached hydrogens (tertiary/aromatic N) is 3. The van der Waals surface area contributed by atoms with Crippen molar-refractivity contribution in [2.75, 3.05) is 5.32 Å². The summed E-state index contributed by atoms with van der Waals surface area (Å²) < 4.78 is 1.01. The lowest BCUT2D eigenvalue weighted by Gasteiger charge is -1.99. The van der Waals surface area contributed by atoms with E-state index in [1.54, 1.807) is 0 Å². The summed E-state index contributed by atoms with van der Waals surface area (Å²) in [6.07, 6.45) is 2.65. The lowest BCUT2D eigenvalue weighted by Crippen LogP contribution is -2.13. The third-order valence-corrected chi connectivity index (χ3v) is 3.51. The number of para-hydroxylation sites is 1. The van der Waals surface area contributed by atoms with Crippen molar-refractivity contribution in [3.63, 3.8) is 0 Å². The molecule has 19 heavy (non-hydrogen) atoms. The van der Waals surface area contributed by atoms with E-state index in [9.17, 15) is 4.79 Å². The van der Waals surface area contributed by atoms with Crippen LogP contribution in [0.2, 0.25) is 5.15 Å². The van der Waals surface area contributed by atoms with Gasteiger partial charge in [0.05, 0.1) is 22.6 Å². The smallest absolute Gasteiger partial charge is 0.277 e. The van der Waals surface area contributed by atoms with Gasteiger partial charge >= 0.3 is 0 Å². The molecule has 7 heteroatoms. The Morgan fingerprint density at radius 1 is 1.21 bits per heavy atom. The van der Waals surface area contributed by atoms with Crippen LogP contribution >= 0.6 is 22.9 Å². The van der Waals surface area contributed by atoms with Gasteiger partial charge in [-0.3, -0.25) is 10.1 Å². The predicted octanol–water partition coefficient (Wildman–Crippen LogP) is 2.99. The van der Waals surface area contributed by atoms with Gasteiger partial charge in [-0.1, -0.05) is 35.1 Å². The highest BCUT2D eigenvalue weighted by atomic mass is 35.5. The third kappa shape index (κ3) is 2.54. The fraction of sp³-hybridized carbons (Fsp3) is 0. The Hall–Kier alpha value is -2.05. The molecule has 5 nitrogen and oxygen atoms in total. The highest BCUT2D eigenvalue weighted by Crippen LogP contribution is 2.25. The van der Waals surface area contributed by atoms with Gasteiger partial charge in [0.25, 0.3) is 5.91 Å². The number of anilines is 1. The highest BCUT2D eigenvalue weighted by Gasteiger charge is 2.11. The van der Waals surface area contributed by atoms with Crippen molar-refractivity contribution in [3.05, 3.63) is 47.5 Å². The molecule has 0 aliphatic carbocycles. The molecule has 2 aromatic heterocycles. The van der Waals surface area contributed by atoms with E-state index in [2.05, 4.69) is 20.3 Å². The summed E-state index contributed by atoms with van der Waals surface area (Å²) >= 11 is 7.02. The Morgan fingerprint density at radius 3 is 2.79 bits per heavy atom. The molecular weight excluding hydrogens is 284 g/mol. The summed E-state index contributed by atoms with van der Waals surface area (Å²) in [5.74, 6) is -0.358. The third-order valence-electron chi connectivity index (χ3n) is 2.37. The zero-order valence-electron chi connectivity index (χ0n) is 9.50. The van der Waals surface area contributed by atoms with Gasteiger partial charge in [0, 0.05) is 0 Å². The molecular formula is C12H7ClN4OS. The maximum Gasteiger partial charge on any atom is 0.277 e. The normalized spacial score (nSPS) is 10.6. The molecule has 0 saturated carbocycles. The SMILES string of the molecule is O=C(Nc1nc2ccccc2s1)c1cnc(Cl)cn1. The van der Waals surface area contributed by atoms with Crippen molar-refractivity contribution in [1.82, 2.24) is 15.0 Å². The predicted molar refractivity (Wildman–Crippen MR) is 74.6 cm³/mol. The zero-order chi connectivity index (χ0) is 13.2. The Morgan fingerprint density at radius 2 is 2.05 bits per heavy atom. The number of amides is 1. The molecule has 0 saturated heterocycles. The average molecular weight is 291 g/mol. The van der Waals surface area contributed by atoms with Crippen LogP contribution in [0.4, 0.5) is 5.13 Å². The molecule has 0 unspecified atom stereocenters. The summed E-state index contributed by atoms with van der Waals surface area (Å²) in [7, 11) is 0. The molecule has 0 spiro atoms. The van der Waals surface area contributed by atoms with Crippen LogP contribution in [0.25, 0.3) is 10.2 Å². The number of aromatic nitrogens is 3. The Kier molecular flexibility index (Phi) is 3.10. The van der Waals surface area contributed by atoms with Gasteiger partial charge < -0.3 is 0 Å². The molecule has 3 aromatic rings. The van der Waals surface area contributed by atoms with Gasteiger partial charge in [-0.2, -0.15) is 0 Å². The second-order valence-corrected chi connectivity index (χ2v) is 5.08. The van der Waals surface area contributed by atoms with Crippen LogP contribution in [0.3, 0.4) is 0 Å². The molecule has 0 radical (unpaired) electrons. The van der Waals surface area contributed by atoms with E-state index in [0.29, 0.717) is 5.13 Å². The quantitative estimate of drug-likeness (QED) is 0.788. The molecule has 0 atom stereocenters. The van der Waals surface area contributed by atoms with Gasteiger partial charge in [0.2, 0.25) is 0 Å². The zero-order valence-corrected chi connectivity index (χ0v) is 11.1. The molecule has 2 heterocycles. The lowest BCUT2D eigenvalue weighted by molar-refractivity contribution is 0.102. The molecule has 0 fully saturated rings. The largest absolute Gasteiger partial charge is 0.296 e. The number of nitrogens with one attached hydrogen (secondary N) is 1. The molecule has 0 bridgehead atoms. The molecule has 0 aliphatic heterocycles. The summed E-state index contributed by atoms with van der Waals surface area (Å²) in [5, 5.41) is 3.47. The van der Waals surface area contributed by atoms with Crippen molar-refractivity contribution in [2.24, 2.45) is 0 Å². The molecule has 1 aromatic carbocycles. The number of carbonyl (C=O) groups excluding carboxylic acids is 1. The van der Waals surface area contributed by atoms with Crippen LogP contribution in [-0.4, -0.2) is 20.9 Å². The topological polar surface area (TPSA) is 67.8 Å². The molecule has 1 amide bonds. The number of benzene rings is 1. The van der Waals surface area contributed by atoms with Crippen LogP contribution in [-0.2, 0) is 0 Å². The summed E-state index contributed by atoms with van der Waals surface area (Å²) in [4.78, 5) is 23.9. The maximum atomic E-state index is 11.9. The number of hydrogen-bond donors (Lipinski definition) is 1. The minimum atomic E-state index is -0.358. The first-order valence-corrected chi connectivity index (χ1v) is 6.56. The number of rotatable bonds is 2. The van der Waals surface area contributed by atoms with Crippen LogP contribution in [0, 0.1) is 0 Å². The molecule has 0 aliphatic rings. The van der Waals surface area contributed by atoms with Gasteiger partial charge in [-0.05, 0) is 12.1 Å². The van der Waals surface area contributed by atoms with Gasteiger partial charge in [-0.25, -0.2) is 15.0 Å². The van der Waals surface area contributed by atoms with Crippen LogP contribution in [0.15, 0.2) is 36.7 Å². The van der Waals surface area contributed by atoms with Crippen LogP contribution in [0.1, 0.15) is 10.5 Å². The molecule has 3 rings (SSSR count). The van der Waals surface area contributed by atoms with Crippen molar-refractivity contribution in [1.29, 1.82) is 0 Å². The fourth-order valence-electron chi connectivity index (χ4n) is 1.52. The van der Waals surface area contributed by atoms with Crippen LogP contribution in [0.5, 0.6) is 0 Å². The minimum absolute atomic E-state index is 0.198. The van der Waals surface area contributed by atoms with Crippen LogP contribution < -0.4 is 5.32 Å². The summed E-state index contributed by atoms with van der Waals surface area (Å²) in [6, 6.07) is 7.67. The summed E-state index contributed by atoms with van der Waals surface area (Å²) in [5.41, 5.74) is 1.05. The first kappa shape index (κ1) is 12.0. The van der Waals surface area contributed by atoms with E-state index in [4.69, 9.17) is 11.6 Å². The highest BCUT2D eigenvalue weighted by molar-refractivity contribution is 7.22. The molecule has 1 N–H and O–H groups in total. The van der Waals surface area contributed by atoms with Gasteiger partial charge in [0.1, 0.15) is 10.8 Å². The minimum Gasteiger partial charge on any atom is -0.296 e. The van der Waals surface area contributed by atoms with E-state index >= 15 is 0 Å². The van der Waals surface area contributed by atoms with Crippen molar-refractivity contribution >= 4 is 44.2 Å². The van der Waals surface area contributed by atoms with Crippen molar-refractivity contribution < 1.29 is 4.79 Å². The van der Waals surface area contributed by atoms with E-state index in [0.717, 1.165) is 10.2 Å². The average Bonchev–Trinajstić information content (AvgIpc) is 2.81. The van der Waals surface area contributed by atoms with Gasteiger partial charge in [0.15, 0.2) is 5.13 Å². The number of halogens is 1. The van der Waals surface area contributed by atoms with E-state index in [1.807, 2.05) is 24.3 Å². The summed E-state index contributed by atoms with van der Waals surface area (Å²) in [6.45, 7) is 0. The first-order chi connectivity index (χ1) is 9.22. The Balaban J connectivity index is 1.84. The number of fused-ring (bicyclic) bond motifs is 1. The standard InChI is InChI=1S/C12H7ClN4OS/c13-10-6-14-8(5-15-10)11(18)17-12-16-7-3-1-2-4-9(7)19-12/h1-6H,(H,16,17,18). The van der Waals surface area contributed by atoms with Crippen molar-refractivity contribution in [3.8, 4) is 0 Å². The second kappa shape index (κ2) is 4.91. The number of thiazole rings is 1. The van der Waals surface area contributed by atoms with E-state index < -0.39 is 0 Å². The lowest BCUT2D eigenvalue weighted by atomic mass is 10.3. The second-order valence-electron chi connectivity index (χ2n) is 3.67. The number of hydrogen-bond acceptors (Lipinski definition) is 5. The Labute approximate surface area is 117 Å². The maximum absolute atomic E-state index is 11.9.